The number of rotatable bonds is 2. The van der Waals surface area contributed by atoms with E-state index in [-0.39, 0.29) is 24.8 Å². The van der Waals surface area contributed by atoms with Gasteiger partial charge in [-0.1, -0.05) is 0 Å². The molecule has 0 radical (unpaired) electrons. The van der Waals surface area contributed by atoms with Gasteiger partial charge in [0.05, 0.1) is 17.8 Å². The fourth-order valence-electron chi connectivity index (χ4n) is 1.53. The Morgan fingerprint density at radius 2 is 2.33 bits per heavy atom. The summed E-state index contributed by atoms with van der Waals surface area (Å²) in [6, 6.07) is 0.369. The third kappa shape index (κ3) is 3.09. The summed E-state index contributed by atoms with van der Waals surface area (Å²) in [6.45, 7) is 1.93. The fraction of sp³-hybridized carbons (Fsp3) is 0.500. The molecule has 0 saturated carbocycles. The Morgan fingerprint density at radius 3 is 2.80 bits per heavy atom. The molecule has 1 aromatic heterocycles. The Hall–Kier alpha value is -0.780. The number of halogens is 2. The molecule has 7 heteroatoms. The second-order valence-electron chi connectivity index (χ2n) is 3.22. The molecule has 0 bridgehead atoms. The van der Waals surface area contributed by atoms with Crippen LogP contribution in [0.4, 0.5) is 0 Å². The van der Waals surface area contributed by atoms with Crippen LogP contribution >= 0.6 is 24.8 Å². The maximum Gasteiger partial charge on any atom is 0.251 e. The molecule has 1 unspecified atom stereocenters. The number of nitrogens with zero attached hydrogens (tertiary/aromatic N) is 2. The number of hydrogen-bond acceptors (Lipinski definition) is 3. The lowest BCUT2D eigenvalue weighted by Gasteiger charge is -2.07. The van der Waals surface area contributed by atoms with Crippen LogP contribution in [0.2, 0.25) is 0 Å². The summed E-state index contributed by atoms with van der Waals surface area (Å²) in [5, 5.41) is 7.33. The third-order valence-electron chi connectivity index (χ3n) is 2.29. The van der Waals surface area contributed by atoms with Crippen LogP contribution in [0.25, 0.3) is 0 Å². The molecular formula is C8H14Cl2N4O. The van der Waals surface area contributed by atoms with E-state index in [1.165, 1.54) is 6.20 Å². The maximum atomic E-state index is 10.8. The highest BCUT2D eigenvalue weighted by Crippen LogP contribution is 2.13. The van der Waals surface area contributed by atoms with E-state index in [0.717, 1.165) is 19.5 Å². The van der Waals surface area contributed by atoms with Crippen molar-refractivity contribution in [1.29, 1.82) is 0 Å². The molecular weight excluding hydrogens is 239 g/mol. The number of aromatic nitrogens is 2. The van der Waals surface area contributed by atoms with Gasteiger partial charge < -0.3 is 11.1 Å². The van der Waals surface area contributed by atoms with Crippen molar-refractivity contribution in [3.63, 3.8) is 0 Å². The largest absolute Gasteiger partial charge is 0.366 e. The van der Waals surface area contributed by atoms with Crippen molar-refractivity contribution in [1.82, 2.24) is 15.1 Å². The normalized spacial score (nSPS) is 19.1. The van der Waals surface area contributed by atoms with E-state index >= 15 is 0 Å². The molecule has 5 nitrogen and oxygen atoms in total. The minimum absolute atomic E-state index is 0. The van der Waals surface area contributed by atoms with Crippen molar-refractivity contribution in [2.24, 2.45) is 5.73 Å². The van der Waals surface area contributed by atoms with Gasteiger partial charge in [-0.3, -0.25) is 9.48 Å². The van der Waals surface area contributed by atoms with E-state index in [1.807, 2.05) is 0 Å². The average molecular weight is 253 g/mol. The first-order valence-corrected chi connectivity index (χ1v) is 4.32. The first kappa shape index (κ1) is 14.2. The lowest BCUT2D eigenvalue weighted by Crippen LogP contribution is -2.14. The van der Waals surface area contributed by atoms with Gasteiger partial charge in [0.1, 0.15) is 0 Å². The number of primary amides is 1. The van der Waals surface area contributed by atoms with E-state index < -0.39 is 5.91 Å². The monoisotopic (exact) mass is 252 g/mol. The molecule has 1 fully saturated rings. The van der Waals surface area contributed by atoms with Gasteiger partial charge in [-0.15, -0.1) is 24.8 Å². The molecule has 0 aromatic carbocycles. The standard InChI is InChI=1S/C8H12N4O.2ClH/c9-8(13)6-3-11-12(5-6)7-1-2-10-4-7;;/h3,5,7,10H,1-2,4H2,(H2,9,13);2*1H. The Morgan fingerprint density at radius 1 is 1.60 bits per heavy atom. The van der Waals surface area contributed by atoms with Crippen molar-refractivity contribution >= 4 is 30.7 Å². The predicted octanol–water partition coefficient (Wildman–Crippen LogP) is 0.360. The Kier molecular flexibility index (Phi) is 5.64. The van der Waals surface area contributed by atoms with Crippen LogP contribution in [0, 0.1) is 0 Å². The second-order valence-corrected chi connectivity index (χ2v) is 3.22. The molecule has 1 amide bonds. The minimum Gasteiger partial charge on any atom is -0.366 e. The summed E-state index contributed by atoms with van der Waals surface area (Å²) < 4.78 is 1.81. The van der Waals surface area contributed by atoms with Crippen molar-refractivity contribution < 1.29 is 4.79 Å². The van der Waals surface area contributed by atoms with Crippen molar-refractivity contribution in [3.8, 4) is 0 Å². The lowest BCUT2D eigenvalue weighted by atomic mass is 10.3. The van der Waals surface area contributed by atoms with Crippen molar-refractivity contribution in [2.45, 2.75) is 12.5 Å². The second kappa shape index (κ2) is 5.95. The quantitative estimate of drug-likeness (QED) is 0.799. The maximum absolute atomic E-state index is 10.8. The summed E-state index contributed by atoms with van der Waals surface area (Å²) >= 11 is 0. The first-order valence-electron chi connectivity index (χ1n) is 4.32. The summed E-state index contributed by atoms with van der Waals surface area (Å²) in [5.74, 6) is -0.419. The van der Waals surface area contributed by atoms with Crippen LogP contribution in [0.15, 0.2) is 12.4 Å². The molecule has 86 valence electrons. The van der Waals surface area contributed by atoms with Crippen molar-refractivity contribution in [2.75, 3.05) is 13.1 Å². The van der Waals surface area contributed by atoms with Crippen LogP contribution in [-0.2, 0) is 0 Å². The lowest BCUT2D eigenvalue weighted by molar-refractivity contribution is 0.1000. The number of hydrogen-bond donors (Lipinski definition) is 2. The van der Waals surface area contributed by atoms with Gasteiger partial charge in [0.25, 0.3) is 5.91 Å². The molecule has 1 saturated heterocycles. The number of carbonyl (C=O) groups excluding carboxylic acids is 1. The molecule has 3 N–H and O–H groups in total. The number of amides is 1. The Labute approximate surface area is 100 Å². The van der Waals surface area contributed by atoms with E-state index in [1.54, 1.807) is 10.9 Å². The first-order chi connectivity index (χ1) is 6.27. The summed E-state index contributed by atoms with van der Waals surface area (Å²) in [5.41, 5.74) is 5.60. The Balaban J connectivity index is 0.000000980. The highest BCUT2D eigenvalue weighted by Gasteiger charge is 2.17. The average Bonchev–Trinajstić information content (AvgIpc) is 2.75. The summed E-state index contributed by atoms with van der Waals surface area (Å²) in [4.78, 5) is 10.8. The molecule has 1 aromatic rings. The number of nitrogens with one attached hydrogen (secondary N) is 1. The summed E-state index contributed by atoms with van der Waals surface area (Å²) in [7, 11) is 0. The van der Waals surface area contributed by atoms with Gasteiger partial charge in [-0.25, -0.2) is 0 Å². The number of nitrogens with two attached hydrogens (primary N) is 1. The number of carbonyl (C=O) groups is 1. The molecule has 0 spiro atoms. The molecule has 1 aliphatic rings. The molecule has 1 aliphatic heterocycles. The van der Waals surface area contributed by atoms with Gasteiger partial charge in [0.15, 0.2) is 0 Å². The van der Waals surface area contributed by atoms with Crippen LogP contribution in [0.5, 0.6) is 0 Å². The predicted molar refractivity (Wildman–Crippen MR) is 61.8 cm³/mol. The highest BCUT2D eigenvalue weighted by molar-refractivity contribution is 5.92. The summed E-state index contributed by atoms with van der Waals surface area (Å²) in [6.07, 6.45) is 4.28. The van der Waals surface area contributed by atoms with Gasteiger partial charge in [0.2, 0.25) is 0 Å². The molecule has 0 aliphatic carbocycles. The zero-order chi connectivity index (χ0) is 9.26. The zero-order valence-corrected chi connectivity index (χ0v) is 9.68. The van der Waals surface area contributed by atoms with Gasteiger partial charge in [-0.2, -0.15) is 5.10 Å². The van der Waals surface area contributed by atoms with Crippen LogP contribution < -0.4 is 11.1 Å². The van der Waals surface area contributed by atoms with E-state index in [0.29, 0.717) is 11.6 Å². The highest BCUT2D eigenvalue weighted by atomic mass is 35.5. The van der Waals surface area contributed by atoms with Gasteiger partial charge in [-0.05, 0) is 13.0 Å². The van der Waals surface area contributed by atoms with Crippen LogP contribution in [0.3, 0.4) is 0 Å². The molecule has 2 heterocycles. The topological polar surface area (TPSA) is 72.9 Å². The van der Waals surface area contributed by atoms with E-state index in [4.69, 9.17) is 5.73 Å². The fourth-order valence-corrected chi connectivity index (χ4v) is 1.53. The van der Waals surface area contributed by atoms with Crippen molar-refractivity contribution in [3.05, 3.63) is 18.0 Å². The van der Waals surface area contributed by atoms with E-state index in [9.17, 15) is 4.79 Å². The molecule has 2 rings (SSSR count). The SMILES string of the molecule is Cl.Cl.NC(=O)c1cnn(C2CCNC2)c1. The minimum atomic E-state index is -0.419. The molecule has 15 heavy (non-hydrogen) atoms. The smallest absolute Gasteiger partial charge is 0.251 e. The molecule has 1 atom stereocenters. The Bertz CT molecular complexity index is 322. The zero-order valence-electron chi connectivity index (χ0n) is 8.05. The van der Waals surface area contributed by atoms with Gasteiger partial charge in [0, 0.05) is 12.7 Å². The van der Waals surface area contributed by atoms with Gasteiger partial charge >= 0.3 is 0 Å². The third-order valence-corrected chi connectivity index (χ3v) is 2.29. The van der Waals surface area contributed by atoms with Crippen LogP contribution in [0.1, 0.15) is 22.8 Å². The van der Waals surface area contributed by atoms with E-state index in [2.05, 4.69) is 10.4 Å². The van der Waals surface area contributed by atoms with Crippen LogP contribution in [-0.4, -0.2) is 28.8 Å².